The van der Waals surface area contributed by atoms with Gasteiger partial charge in [0, 0.05) is 20.7 Å². The molecule has 0 heterocycles. The quantitative estimate of drug-likeness (QED) is 0.243. The monoisotopic (exact) mass is 377 g/mol. The molecule has 1 rings (SSSR count). The van der Waals surface area contributed by atoms with Gasteiger partial charge in [-0.3, -0.25) is 0 Å². The molecule has 1 aromatic carbocycles. The van der Waals surface area contributed by atoms with Crippen LogP contribution in [0, 0.1) is 0 Å². The number of nitrogens with one attached hydrogen (secondary N) is 1. The van der Waals surface area contributed by atoms with Crippen molar-refractivity contribution < 1.29 is 4.52 Å². The van der Waals surface area contributed by atoms with Gasteiger partial charge in [-0.15, -0.1) is 0 Å². The van der Waals surface area contributed by atoms with Gasteiger partial charge in [0.1, 0.15) is 0 Å². The molecule has 2 atom stereocenters. The molecule has 0 aliphatic rings. The number of para-hydroxylation sites is 1. The average Bonchev–Trinajstić information content (AvgIpc) is 2.61. The standard InChI is InChI=1S/C21H33NOP2/c1-18(9-7-11-19(2)15-16-23-25-24)10-8-12-20(3)17-22-21-13-5-4-6-14-21/h4-6,9,12-15,22,25H,7-8,10-11,16-17,24H2,1-3H3/b18-9+,19-15+,20-12+. The predicted molar refractivity (Wildman–Crippen MR) is 119 cm³/mol. The van der Waals surface area contributed by atoms with Crippen molar-refractivity contribution in [2.24, 2.45) is 0 Å². The highest BCUT2D eigenvalue weighted by atomic mass is 32.0. The number of anilines is 1. The fraction of sp³-hybridized carbons (Fsp3) is 0.429. The van der Waals surface area contributed by atoms with E-state index in [0.717, 1.165) is 38.8 Å². The number of benzene rings is 1. The van der Waals surface area contributed by atoms with Crippen molar-refractivity contribution in [1.29, 1.82) is 0 Å². The summed E-state index contributed by atoms with van der Waals surface area (Å²) in [5.41, 5.74) is 5.47. The van der Waals surface area contributed by atoms with E-state index in [2.05, 4.69) is 77.5 Å². The highest BCUT2D eigenvalue weighted by Gasteiger charge is 1.94. The first-order chi connectivity index (χ1) is 12.1. The molecule has 1 N–H and O–H groups in total. The summed E-state index contributed by atoms with van der Waals surface area (Å²) < 4.78 is 5.34. The van der Waals surface area contributed by atoms with E-state index < -0.39 is 0 Å². The van der Waals surface area contributed by atoms with E-state index >= 15 is 0 Å². The number of hydrogen-bond acceptors (Lipinski definition) is 2. The number of allylic oxidation sites excluding steroid dienone is 4. The maximum atomic E-state index is 5.34. The van der Waals surface area contributed by atoms with Crippen molar-refractivity contribution in [2.45, 2.75) is 46.5 Å². The maximum absolute atomic E-state index is 5.34. The molecular formula is C21H33NOP2. The lowest BCUT2D eigenvalue weighted by molar-refractivity contribution is 0.422. The molecule has 0 saturated heterocycles. The second kappa shape index (κ2) is 14.3. The van der Waals surface area contributed by atoms with Gasteiger partial charge in [-0.05, 0) is 58.6 Å². The first kappa shape index (κ1) is 22.1. The molecule has 0 bridgehead atoms. The van der Waals surface area contributed by atoms with E-state index in [1.807, 2.05) is 6.07 Å². The summed E-state index contributed by atoms with van der Waals surface area (Å²) >= 11 is 0. The Kier molecular flexibility index (Phi) is 12.6. The average molecular weight is 377 g/mol. The van der Waals surface area contributed by atoms with Crippen LogP contribution in [0.1, 0.15) is 46.5 Å². The molecule has 0 radical (unpaired) electrons. The molecule has 0 spiro atoms. The topological polar surface area (TPSA) is 21.3 Å². The zero-order valence-corrected chi connectivity index (χ0v) is 18.0. The fourth-order valence-corrected chi connectivity index (χ4v) is 2.87. The first-order valence-electron chi connectivity index (χ1n) is 8.95. The predicted octanol–water partition coefficient (Wildman–Crippen LogP) is 6.90. The van der Waals surface area contributed by atoms with Crippen molar-refractivity contribution in [3.05, 3.63) is 65.3 Å². The molecule has 2 unspecified atom stereocenters. The van der Waals surface area contributed by atoms with E-state index in [0.29, 0.717) is 8.50 Å². The molecule has 0 fully saturated rings. The molecule has 4 heteroatoms. The van der Waals surface area contributed by atoms with Gasteiger partial charge < -0.3 is 9.84 Å². The summed E-state index contributed by atoms with van der Waals surface area (Å²) in [7, 11) is 3.10. The second-order valence-electron chi connectivity index (χ2n) is 6.38. The second-order valence-corrected chi connectivity index (χ2v) is 7.61. The van der Waals surface area contributed by atoms with Crippen LogP contribution in [-0.2, 0) is 4.52 Å². The minimum atomic E-state index is 0.495. The Hall–Kier alpha value is -0.940. The van der Waals surface area contributed by atoms with Gasteiger partial charge in [-0.25, -0.2) is 0 Å². The van der Waals surface area contributed by atoms with Gasteiger partial charge in [0.15, 0.2) is 0 Å². The van der Waals surface area contributed by atoms with Crippen LogP contribution in [0.3, 0.4) is 0 Å². The first-order valence-corrected chi connectivity index (χ1v) is 11.7. The lowest BCUT2D eigenvalue weighted by atomic mass is 10.1. The fourth-order valence-electron chi connectivity index (χ4n) is 2.40. The lowest BCUT2D eigenvalue weighted by Crippen LogP contribution is -2.02. The summed E-state index contributed by atoms with van der Waals surface area (Å²) in [5, 5.41) is 3.45. The molecule has 138 valence electrons. The van der Waals surface area contributed by atoms with Crippen molar-refractivity contribution in [2.75, 3.05) is 18.5 Å². The minimum Gasteiger partial charge on any atom is -0.381 e. The number of rotatable bonds is 12. The maximum Gasteiger partial charge on any atom is 0.0693 e. The van der Waals surface area contributed by atoms with E-state index in [-0.39, 0.29) is 0 Å². The van der Waals surface area contributed by atoms with Crippen LogP contribution in [0.4, 0.5) is 5.69 Å². The van der Waals surface area contributed by atoms with Gasteiger partial charge in [0.05, 0.1) is 6.61 Å². The van der Waals surface area contributed by atoms with E-state index in [1.165, 1.54) is 22.4 Å². The summed E-state index contributed by atoms with van der Waals surface area (Å²) in [5.74, 6) is 0. The Bertz CT molecular complexity index is 565. The van der Waals surface area contributed by atoms with Crippen LogP contribution >= 0.6 is 17.4 Å². The van der Waals surface area contributed by atoms with Crippen LogP contribution in [0.2, 0.25) is 0 Å². The van der Waals surface area contributed by atoms with Gasteiger partial charge in [-0.2, -0.15) is 0 Å². The molecule has 0 aromatic heterocycles. The third-order valence-electron chi connectivity index (χ3n) is 4.01. The van der Waals surface area contributed by atoms with E-state index in [9.17, 15) is 0 Å². The Morgan fingerprint density at radius 1 is 0.960 bits per heavy atom. The third kappa shape index (κ3) is 12.1. The Balaban J connectivity index is 2.21. The Morgan fingerprint density at radius 2 is 1.56 bits per heavy atom. The van der Waals surface area contributed by atoms with Gasteiger partial charge in [0.25, 0.3) is 0 Å². The highest BCUT2D eigenvalue weighted by molar-refractivity contribution is 8.00. The summed E-state index contributed by atoms with van der Waals surface area (Å²) in [4.78, 5) is 0. The van der Waals surface area contributed by atoms with Crippen molar-refractivity contribution >= 4 is 23.1 Å². The molecule has 0 saturated carbocycles. The van der Waals surface area contributed by atoms with Crippen LogP contribution in [0.25, 0.3) is 0 Å². The largest absolute Gasteiger partial charge is 0.381 e. The van der Waals surface area contributed by atoms with Crippen LogP contribution in [0.15, 0.2) is 65.3 Å². The van der Waals surface area contributed by atoms with E-state index in [4.69, 9.17) is 4.52 Å². The zero-order valence-electron chi connectivity index (χ0n) is 15.8. The Morgan fingerprint density at radius 3 is 2.20 bits per heavy atom. The molecule has 0 amide bonds. The summed E-state index contributed by atoms with van der Waals surface area (Å²) in [6.45, 7) is 8.26. The van der Waals surface area contributed by atoms with Gasteiger partial charge in [0.2, 0.25) is 0 Å². The van der Waals surface area contributed by atoms with Crippen LogP contribution in [0.5, 0.6) is 0 Å². The Labute approximate surface area is 158 Å². The SMILES string of the molecule is C/C(=C\CC/C(C)=C/COPP)CC/C=C(\C)CNc1ccccc1. The molecular weight excluding hydrogens is 344 g/mol. The molecule has 2 nitrogen and oxygen atoms in total. The van der Waals surface area contributed by atoms with Crippen molar-refractivity contribution in [1.82, 2.24) is 0 Å². The van der Waals surface area contributed by atoms with E-state index in [1.54, 1.807) is 0 Å². The third-order valence-corrected chi connectivity index (χ3v) is 4.84. The van der Waals surface area contributed by atoms with Crippen LogP contribution < -0.4 is 5.32 Å². The summed E-state index contributed by atoms with van der Waals surface area (Å²) in [6.07, 6.45) is 11.4. The molecule has 0 aliphatic heterocycles. The van der Waals surface area contributed by atoms with Gasteiger partial charge >= 0.3 is 0 Å². The highest BCUT2D eigenvalue weighted by Crippen LogP contribution is 2.21. The minimum absolute atomic E-state index is 0.495. The molecule has 0 aliphatic carbocycles. The normalized spacial score (nSPS) is 13.7. The smallest absolute Gasteiger partial charge is 0.0693 e. The van der Waals surface area contributed by atoms with Crippen molar-refractivity contribution in [3.63, 3.8) is 0 Å². The molecule has 1 aromatic rings. The lowest BCUT2D eigenvalue weighted by Gasteiger charge is -2.06. The van der Waals surface area contributed by atoms with Gasteiger partial charge in [-0.1, -0.05) is 62.1 Å². The molecule has 25 heavy (non-hydrogen) atoms. The van der Waals surface area contributed by atoms with Crippen LogP contribution in [-0.4, -0.2) is 13.2 Å². The van der Waals surface area contributed by atoms with Crippen molar-refractivity contribution in [3.8, 4) is 0 Å². The number of hydrogen-bond donors (Lipinski definition) is 1. The summed E-state index contributed by atoms with van der Waals surface area (Å²) in [6, 6.07) is 10.4. The zero-order chi connectivity index (χ0) is 18.3.